The van der Waals surface area contributed by atoms with Crippen LogP contribution in [0.15, 0.2) is 72.9 Å². The van der Waals surface area contributed by atoms with Crippen LogP contribution >= 0.6 is 0 Å². The minimum absolute atomic E-state index is 0. The molecule has 0 nitrogen and oxygen atoms in total. The molecular weight excluding hydrogens is 372 g/mol. The lowest BCUT2D eigenvalue weighted by Gasteiger charge is -2.23. The molecule has 3 aliphatic rings. The van der Waals surface area contributed by atoms with Gasteiger partial charge in [-0.25, -0.2) is 0 Å². The van der Waals surface area contributed by atoms with Crippen molar-refractivity contribution in [3.8, 4) is 0 Å². The minimum atomic E-state index is 0. The minimum Gasteiger partial charge on any atom is -0.0776 e. The highest BCUT2D eigenvalue weighted by atomic mass is 14.3. The number of allylic oxidation sites excluding steroid dienone is 12. The van der Waals surface area contributed by atoms with E-state index in [0.717, 1.165) is 0 Å². The third kappa shape index (κ3) is 14.2. The number of hydrogen-bond donors (Lipinski definition) is 0. The highest BCUT2D eigenvalue weighted by Gasteiger charge is 2.21. The molecule has 3 aliphatic carbocycles. The molecule has 0 radical (unpaired) electrons. The molecule has 3 rings (SSSR count). The SMILES string of the molecule is C.C.C.C.CC(C)(C)C1C=CC=C1.CC(C)(C)C1C=CC=C1.CC(C)(C)C1C=CC=C1. The predicted molar refractivity (Wildman–Crippen MR) is 151 cm³/mol. The highest BCUT2D eigenvalue weighted by Crippen LogP contribution is 2.31. The molecule has 0 bridgehead atoms. The second-order valence-electron chi connectivity index (χ2n) is 11.0. The van der Waals surface area contributed by atoms with E-state index in [9.17, 15) is 0 Å². The zero-order chi connectivity index (χ0) is 20.7. The normalized spacial score (nSPS) is 16.9. The quantitative estimate of drug-likeness (QED) is 0.358. The first-order valence-corrected chi connectivity index (χ1v) is 10.4. The maximum atomic E-state index is 2.26. The van der Waals surface area contributed by atoms with Crippen molar-refractivity contribution in [1.29, 1.82) is 0 Å². The first-order valence-electron chi connectivity index (χ1n) is 10.4. The zero-order valence-corrected chi connectivity index (χ0v) is 19.2. The molecule has 0 saturated carbocycles. The average molecular weight is 431 g/mol. The fraction of sp³-hybridized carbons (Fsp3) is 0.613. The van der Waals surface area contributed by atoms with Gasteiger partial charge in [-0.3, -0.25) is 0 Å². The number of hydrogen-bond acceptors (Lipinski definition) is 0. The van der Waals surface area contributed by atoms with Crippen molar-refractivity contribution >= 4 is 0 Å². The Hall–Kier alpha value is -1.56. The van der Waals surface area contributed by atoms with Gasteiger partial charge >= 0.3 is 0 Å². The summed E-state index contributed by atoms with van der Waals surface area (Å²) in [6.45, 7) is 20.4. The van der Waals surface area contributed by atoms with Gasteiger partial charge in [0.05, 0.1) is 0 Å². The number of rotatable bonds is 0. The first-order chi connectivity index (χ1) is 12.3. The van der Waals surface area contributed by atoms with Crippen LogP contribution in [0.25, 0.3) is 0 Å². The summed E-state index contributed by atoms with van der Waals surface area (Å²) in [5.74, 6) is 1.95. The van der Waals surface area contributed by atoms with Crippen LogP contribution in [0.2, 0.25) is 0 Å². The van der Waals surface area contributed by atoms with E-state index in [1.165, 1.54) is 0 Å². The summed E-state index contributed by atoms with van der Waals surface area (Å²) in [5.41, 5.74) is 1.22. The van der Waals surface area contributed by atoms with Crippen LogP contribution < -0.4 is 0 Å². The summed E-state index contributed by atoms with van der Waals surface area (Å²) in [4.78, 5) is 0. The lowest BCUT2D eigenvalue weighted by atomic mass is 9.82. The van der Waals surface area contributed by atoms with Crippen LogP contribution in [-0.2, 0) is 0 Å². The van der Waals surface area contributed by atoms with Crippen LogP contribution in [0.4, 0.5) is 0 Å². The third-order valence-electron chi connectivity index (χ3n) is 5.24. The maximum absolute atomic E-state index is 2.26. The van der Waals surface area contributed by atoms with Crippen LogP contribution in [0.5, 0.6) is 0 Å². The molecule has 31 heavy (non-hydrogen) atoms. The Morgan fingerprint density at radius 2 is 0.452 bits per heavy atom. The van der Waals surface area contributed by atoms with E-state index in [2.05, 4.69) is 135 Å². The summed E-state index contributed by atoms with van der Waals surface area (Å²) in [6.07, 6.45) is 26.2. The van der Waals surface area contributed by atoms with Crippen LogP contribution in [0.3, 0.4) is 0 Å². The molecule has 0 aromatic rings. The summed E-state index contributed by atoms with van der Waals surface area (Å²) in [5, 5.41) is 0. The predicted octanol–water partition coefficient (Wildman–Crippen LogP) is 10.9. The Balaban J connectivity index is -0.000000166. The van der Waals surface area contributed by atoms with Crippen molar-refractivity contribution in [2.75, 3.05) is 0 Å². The Labute approximate surface area is 199 Å². The van der Waals surface area contributed by atoms with E-state index in [1.54, 1.807) is 0 Å². The van der Waals surface area contributed by atoms with Crippen LogP contribution in [0.1, 0.15) is 92.0 Å². The highest BCUT2D eigenvalue weighted by molar-refractivity contribution is 5.21. The Kier molecular flexibility index (Phi) is 18.1. The van der Waals surface area contributed by atoms with E-state index < -0.39 is 0 Å². The molecule has 0 heteroatoms. The van der Waals surface area contributed by atoms with Crippen molar-refractivity contribution in [3.05, 3.63) is 72.9 Å². The van der Waals surface area contributed by atoms with E-state index in [0.29, 0.717) is 34.0 Å². The van der Waals surface area contributed by atoms with Gasteiger partial charge in [0.2, 0.25) is 0 Å². The molecule has 0 N–H and O–H groups in total. The molecule has 182 valence electrons. The molecule has 0 amide bonds. The summed E-state index contributed by atoms with van der Waals surface area (Å²) in [7, 11) is 0. The molecule has 0 spiro atoms. The summed E-state index contributed by atoms with van der Waals surface area (Å²) < 4.78 is 0. The van der Waals surface area contributed by atoms with Crippen molar-refractivity contribution in [2.45, 2.75) is 92.0 Å². The molecule has 0 aromatic carbocycles. The Bertz CT molecular complexity index is 486. The second-order valence-corrected chi connectivity index (χ2v) is 11.0. The van der Waals surface area contributed by atoms with Gasteiger partial charge in [-0.05, 0) is 16.2 Å². The lowest BCUT2D eigenvalue weighted by Crippen LogP contribution is -2.14. The Morgan fingerprint density at radius 1 is 0.323 bits per heavy atom. The average Bonchev–Trinajstić information content (AvgIpc) is 3.28. The molecular formula is C31H58. The van der Waals surface area contributed by atoms with E-state index in [4.69, 9.17) is 0 Å². The van der Waals surface area contributed by atoms with Gasteiger partial charge < -0.3 is 0 Å². The van der Waals surface area contributed by atoms with Gasteiger partial charge in [0.15, 0.2) is 0 Å². The fourth-order valence-corrected chi connectivity index (χ4v) is 3.03. The second kappa shape index (κ2) is 15.3. The molecule has 0 unspecified atom stereocenters. The topological polar surface area (TPSA) is 0 Å². The first kappa shape index (κ1) is 36.8. The lowest BCUT2D eigenvalue weighted by molar-refractivity contribution is 0.346. The van der Waals surface area contributed by atoms with Crippen molar-refractivity contribution in [3.63, 3.8) is 0 Å². The smallest absolute Gasteiger partial charge is 0.000136 e. The maximum Gasteiger partial charge on any atom is 0.000136 e. The van der Waals surface area contributed by atoms with Crippen molar-refractivity contribution in [2.24, 2.45) is 34.0 Å². The molecule has 0 atom stereocenters. The van der Waals surface area contributed by atoms with Gasteiger partial charge in [0, 0.05) is 17.8 Å². The fourth-order valence-electron chi connectivity index (χ4n) is 3.03. The molecule has 0 heterocycles. The van der Waals surface area contributed by atoms with Crippen LogP contribution in [-0.4, -0.2) is 0 Å². The monoisotopic (exact) mass is 430 g/mol. The standard InChI is InChI=1S/3C9H14.4CH4/c3*1-9(2,3)8-6-4-5-7-8;;;;/h3*4-8H,1-3H3;4*1H4. The third-order valence-corrected chi connectivity index (χ3v) is 5.24. The molecule has 0 aliphatic heterocycles. The van der Waals surface area contributed by atoms with Crippen LogP contribution in [0, 0.1) is 34.0 Å². The zero-order valence-electron chi connectivity index (χ0n) is 19.2. The van der Waals surface area contributed by atoms with Crippen molar-refractivity contribution < 1.29 is 0 Å². The molecule has 0 aromatic heterocycles. The van der Waals surface area contributed by atoms with Crippen molar-refractivity contribution in [1.82, 2.24) is 0 Å². The van der Waals surface area contributed by atoms with Gasteiger partial charge in [-0.1, -0.05) is 165 Å². The summed E-state index contributed by atoms with van der Waals surface area (Å²) >= 11 is 0. The van der Waals surface area contributed by atoms with E-state index in [1.807, 2.05) is 0 Å². The van der Waals surface area contributed by atoms with Gasteiger partial charge in [-0.2, -0.15) is 0 Å². The van der Waals surface area contributed by atoms with E-state index >= 15 is 0 Å². The van der Waals surface area contributed by atoms with Gasteiger partial charge in [-0.15, -0.1) is 0 Å². The molecule has 0 fully saturated rings. The Morgan fingerprint density at radius 3 is 0.516 bits per heavy atom. The summed E-state index contributed by atoms with van der Waals surface area (Å²) in [6, 6.07) is 0. The van der Waals surface area contributed by atoms with E-state index in [-0.39, 0.29) is 29.7 Å². The molecule has 0 saturated heterocycles. The van der Waals surface area contributed by atoms with Gasteiger partial charge in [0.25, 0.3) is 0 Å². The van der Waals surface area contributed by atoms with Gasteiger partial charge in [0.1, 0.15) is 0 Å². The largest absolute Gasteiger partial charge is 0.0776 e.